The summed E-state index contributed by atoms with van der Waals surface area (Å²) in [6, 6.07) is 19.8. The van der Waals surface area contributed by atoms with E-state index in [4.69, 9.17) is 14.7 Å². The minimum Gasteiger partial charge on any atom is -0.493 e. The Morgan fingerprint density at radius 1 is 1.08 bits per heavy atom. The van der Waals surface area contributed by atoms with Gasteiger partial charge < -0.3 is 14.8 Å². The molecule has 0 aliphatic carbocycles. The topological polar surface area (TPSA) is 113 Å². The number of nitriles is 1. The van der Waals surface area contributed by atoms with Crippen molar-refractivity contribution in [2.45, 2.75) is 13.5 Å². The van der Waals surface area contributed by atoms with Gasteiger partial charge in [-0.2, -0.15) is 10.4 Å². The number of para-hydroxylation sites is 1. The van der Waals surface area contributed by atoms with E-state index in [9.17, 15) is 9.59 Å². The number of nitrogens with zero attached hydrogens (tertiary/aromatic N) is 2. The predicted molar refractivity (Wildman–Crippen MR) is 144 cm³/mol. The Balaban J connectivity index is 1.61. The van der Waals surface area contributed by atoms with Crippen LogP contribution in [-0.4, -0.2) is 25.1 Å². The van der Waals surface area contributed by atoms with E-state index < -0.39 is 17.7 Å². The van der Waals surface area contributed by atoms with Crippen LogP contribution in [0.5, 0.6) is 11.5 Å². The Kier molecular flexibility index (Phi) is 9.61. The van der Waals surface area contributed by atoms with Gasteiger partial charge in [-0.25, -0.2) is 5.43 Å². The summed E-state index contributed by atoms with van der Waals surface area (Å²) in [6.07, 6.45) is 1.44. The monoisotopic (exact) mass is 612 g/mol. The number of carbonyl (C=O) groups excluding carboxylic acids is 2. The Morgan fingerprint density at radius 3 is 2.47 bits per heavy atom. The van der Waals surface area contributed by atoms with E-state index in [1.807, 2.05) is 18.2 Å². The van der Waals surface area contributed by atoms with Gasteiger partial charge in [0.1, 0.15) is 12.5 Å². The summed E-state index contributed by atoms with van der Waals surface area (Å²) >= 11 is 6.84. The molecule has 0 heterocycles. The molecule has 3 aromatic carbocycles. The van der Waals surface area contributed by atoms with Crippen molar-refractivity contribution in [2.75, 3.05) is 12.4 Å². The highest BCUT2D eigenvalue weighted by molar-refractivity contribution is 9.11. The van der Waals surface area contributed by atoms with E-state index >= 15 is 0 Å². The second-order valence-corrected chi connectivity index (χ2v) is 9.27. The SMILES string of the molecule is COc1cc(C=NNC(=O)C(C)C(=O)Nc2ccccc2Br)cc(Br)c1OCc1ccc(C#N)cc1. The molecular weight excluding hydrogens is 592 g/mol. The summed E-state index contributed by atoms with van der Waals surface area (Å²) < 4.78 is 12.7. The molecule has 0 aliphatic rings. The number of amides is 2. The van der Waals surface area contributed by atoms with E-state index in [-0.39, 0.29) is 6.61 Å². The average Bonchev–Trinajstić information content (AvgIpc) is 2.88. The molecule has 0 saturated carbocycles. The van der Waals surface area contributed by atoms with Gasteiger partial charge in [0.2, 0.25) is 5.91 Å². The number of hydrogen-bond donors (Lipinski definition) is 2. The molecule has 1 unspecified atom stereocenters. The largest absolute Gasteiger partial charge is 0.493 e. The van der Waals surface area contributed by atoms with Crippen molar-refractivity contribution in [2.24, 2.45) is 11.0 Å². The zero-order valence-corrected chi connectivity index (χ0v) is 22.6. The van der Waals surface area contributed by atoms with E-state index in [0.717, 1.165) is 5.56 Å². The van der Waals surface area contributed by atoms with Crippen LogP contribution in [0.1, 0.15) is 23.6 Å². The molecule has 1 atom stereocenters. The van der Waals surface area contributed by atoms with Crippen LogP contribution in [0.25, 0.3) is 0 Å². The van der Waals surface area contributed by atoms with E-state index in [1.165, 1.54) is 20.2 Å². The molecule has 0 aromatic heterocycles. The van der Waals surface area contributed by atoms with Crippen molar-refractivity contribution in [3.05, 3.63) is 86.3 Å². The minimum absolute atomic E-state index is 0.281. The quantitative estimate of drug-likeness (QED) is 0.191. The highest BCUT2D eigenvalue weighted by atomic mass is 79.9. The fourth-order valence-corrected chi connectivity index (χ4v) is 3.93. The number of anilines is 1. The van der Waals surface area contributed by atoms with Crippen LogP contribution < -0.4 is 20.2 Å². The van der Waals surface area contributed by atoms with Gasteiger partial charge in [0.25, 0.3) is 5.91 Å². The van der Waals surface area contributed by atoms with Crippen molar-refractivity contribution in [3.8, 4) is 17.6 Å². The van der Waals surface area contributed by atoms with Crippen molar-refractivity contribution < 1.29 is 19.1 Å². The van der Waals surface area contributed by atoms with Crippen molar-refractivity contribution in [1.82, 2.24) is 5.43 Å². The van der Waals surface area contributed by atoms with Gasteiger partial charge in [0, 0.05) is 4.47 Å². The van der Waals surface area contributed by atoms with Gasteiger partial charge >= 0.3 is 0 Å². The fraction of sp³-hybridized carbons (Fsp3) is 0.154. The number of ether oxygens (including phenoxy) is 2. The summed E-state index contributed by atoms with van der Waals surface area (Å²) in [5.74, 6) is -1.01. The number of nitrogens with one attached hydrogen (secondary N) is 2. The maximum atomic E-state index is 12.4. The number of methoxy groups -OCH3 is 1. The smallest absolute Gasteiger partial charge is 0.252 e. The van der Waals surface area contributed by atoms with E-state index in [2.05, 4.69) is 53.8 Å². The lowest BCUT2D eigenvalue weighted by Crippen LogP contribution is -2.34. The highest BCUT2D eigenvalue weighted by Gasteiger charge is 2.22. The first-order chi connectivity index (χ1) is 17.3. The summed E-state index contributed by atoms with van der Waals surface area (Å²) in [6.45, 7) is 1.78. The Labute approximate surface area is 225 Å². The lowest BCUT2D eigenvalue weighted by atomic mass is 10.1. The number of rotatable bonds is 9. The second-order valence-electron chi connectivity index (χ2n) is 7.56. The van der Waals surface area contributed by atoms with Crippen LogP contribution in [0, 0.1) is 17.2 Å². The molecule has 2 N–H and O–H groups in total. The zero-order valence-electron chi connectivity index (χ0n) is 19.4. The molecule has 0 aliphatic heterocycles. The molecule has 0 fully saturated rings. The first-order valence-electron chi connectivity index (χ1n) is 10.7. The highest BCUT2D eigenvalue weighted by Crippen LogP contribution is 2.37. The number of hydrogen-bond acceptors (Lipinski definition) is 6. The third kappa shape index (κ3) is 7.16. The van der Waals surface area contributed by atoms with Gasteiger partial charge in [0.15, 0.2) is 11.5 Å². The number of hydrazone groups is 1. The number of halogens is 2. The number of carbonyl (C=O) groups is 2. The molecule has 8 nitrogen and oxygen atoms in total. The normalized spacial score (nSPS) is 11.4. The van der Waals surface area contributed by atoms with Gasteiger partial charge in [-0.15, -0.1) is 0 Å². The Bertz CT molecular complexity index is 1320. The third-order valence-electron chi connectivity index (χ3n) is 5.02. The summed E-state index contributed by atoms with van der Waals surface area (Å²) in [5, 5.41) is 15.6. The molecule has 0 bridgehead atoms. The van der Waals surface area contributed by atoms with Gasteiger partial charge in [-0.05, 0) is 86.3 Å². The maximum absolute atomic E-state index is 12.4. The molecular formula is C26H22Br2N4O4. The molecule has 3 aromatic rings. The first kappa shape index (κ1) is 26.9. The van der Waals surface area contributed by atoms with Gasteiger partial charge in [-0.3, -0.25) is 9.59 Å². The first-order valence-corrected chi connectivity index (χ1v) is 12.3. The van der Waals surface area contributed by atoms with Gasteiger partial charge in [-0.1, -0.05) is 24.3 Å². The van der Waals surface area contributed by atoms with Crippen LogP contribution >= 0.6 is 31.9 Å². The molecule has 0 radical (unpaired) electrons. The summed E-state index contributed by atoms with van der Waals surface area (Å²) in [5.41, 5.74) is 5.07. The molecule has 10 heteroatoms. The molecule has 2 amide bonds. The molecule has 184 valence electrons. The van der Waals surface area contributed by atoms with Crippen molar-refractivity contribution in [1.29, 1.82) is 5.26 Å². The predicted octanol–water partition coefficient (Wildman–Crippen LogP) is 5.40. The van der Waals surface area contributed by atoms with E-state index in [1.54, 1.807) is 42.5 Å². The van der Waals surface area contributed by atoms with Crippen LogP contribution in [0.15, 0.2) is 74.7 Å². The molecule has 0 saturated heterocycles. The molecule has 3 rings (SSSR count). The third-order valence-corrected chi connectivity index (χ3v) is 6.31. The van der Waals surface area contributed by atoms with Crippen LogP contribution in [0.2, 0.25) is 0 Å². The number of benzene rings is 3. The second kappa shape index (κ2) is 12.9. The lowest BCUT2D eigenvalue weighted by Gasteiger charge is -2.14. The summed E-state index contributed by atoms with van der Waals surface area (Å²) in [7, 11) is 1.52. The van der Waals surface area contributed by atoms with Crippen molar-refractivity contribution in [3.63, 3.8) is 0 Å². The Hall–Kier alpha value is -3.68. The van der Waals surface area contributed by atoms with E-state index in [0.29, 0.717) is 37.3 Å². The standard InChI is InChI=1S/C26H22Br2N4O4/c1-16(25(33)31-22-6-4-3-5-20(22)27)26(34)32-30-14-19-11-21(28)24(23(12-19)35-2)36-15-18-9-7-17(13-29)8-10-18/h3-12,14,16H,15H2,1-2H3,(H,31,33)(H,32,34). The molecule has 36 heavy (non-hydrogen) atoms. The molecule has 0 spiro atoms. The lowest BCUT2D eigenvalue weighted by molar-refractivity contribution is -0.131. The summed E-state index contributed by atoms with van der Waals surface area (Å²) in [4.78, 5) is 24.8. The van der Waals surface area contributed by atoms with Crippen LogP contribution in [0.4, 0.5) is 5.69 Å². The maximum Gasteiger partial charge on any atom is 0.252 e. The van der Waals surface area contributed by atoms with Crippen LogP contribution in [0.3, 0.4) is 0 Å². The minimum atomic E-state index is -0.964. The Morgan fingerprint density at radius 2 is 1.81 bits per heavy atom. The van der Waals surface area contributed by atoms with Crippen molar-refractivity contribution >= 4 is 55.6 Å². The average molecular weight is 614 g/mol. The van der Waals surface area contributed by atoms with Gasteiger partial charge in [0.05, 0.1) is 35.1 Å². The van der Waals surface area contributed by atoms with Crippen LogP contribution in [-0.2, 0) is 16.2 Å². The zero-order chi connectivity index (χ0) is 26.1. The fourth-order valence-electron chi connectivity index (χ4n) is 2.98.